The molecule has 2 amide bonds. The predicted octanol–water partition coefficient (Wildman–Crippen LogP) is 1.56. The van der Waals surface area contributed by atoms with Crippen LogP contribution >= 0.6 is 15.9 Å². The van der Waals surface area contributed by atoms with Crippen LogP contribution in [0.4, 0.5) is 5.69 Å². The Morgan fingerprint density at radius 1 is 1.40 bits per heavy atom. The van der Waals surface area contributed by atoms with E-state index in [2.05, 4.69) is 21.2 Å². The van der Waals surface area contributed by atoms with E-state index in [1.807, 2.05) is 0 Å². The molecule has 0 aliphatic rings. The summed E-state index contributed by atoms with van der Waals surface area (Å²) in [5, 5.41) is 13.3. The highest BCUT2D eigenvalue weighted by Crippen LogP contribution is 2.25. The van der Waals surface area contributed by atoms with Gasteiger partial charge in [0.05, 0.1) is 9.40 Å². The zero-order valence-electron chi connectivity index (χ0n) is 11.2. The molecular formula is C12H14BrN3O4. The third kappa shape index (κ3) is 3.77. The van der Waals surface area contributed by atoms with Gasteiger partial charge in [0, 0.05) is 25.7 Å². The van der Waals surface area contributed by atoms with Crippen molar-refractivity contribution in [2.45, 2.75) is 13.0 Å². The van der Waals surface area contributed by atoms with Gasteiger partial charge in [-0.1, -0.05) is 0 Å². The Kier molecular flexibility index (Phi) is 5.20. The molecule has 1 unspecified atom stereocenters. The van der Waals surface area contributed by atoms with Gasteiger partial charge in [0.25, 0.3) is 11.6 Å². The van der Waals surface area contributed by atoms with Gasteiger partial charge in [-0.2, -0.15) is 0 Å². The first kappa shape index (κ1) is 16.1. The van der Waals surface area contributed by atoms with Crippen molar-refractivity contribution in [2.24, 2.45) is 0 Å². The van der Waals surface area contributed by atoms with Gasteiger partial charge >= 0.3 is 0 Å². The fourth-order valence-electron chi connectivity index (χ4n) is 1.52. The van der Waals surface area contributed by atoms with Gasteiger partial charge < -0.3 is 10.2 Å². The number of carbonyl (C=O) groups is 2. The molecule has 0 saturated carbocycles. The second-order valence-corrected chi connectivity index (χ2v) is 5.21. The molecule has 0 aromatic heterocycles. The number of nitro groups is 1. The number of amides is 2. The molecule has 1 aromatic carbocycles. The van der Waals surface area contributed by atoms with Crippen LogP contribution in [-0.2, 0) is 4.79 Å². The van der Waals surface area contributed by atoms with Crippen LogP contribution < -0.4 is 5.32 Å². The molecule has 1 aromatic rings. The van der Waals surface area contributed by atoms with Crippen molar-refractivity contribution in [3.63, 3.8) is 0 Å². The van der Waals surface area contributed by atoms with Crippen molar-refractivity contribution in [2.75, 3.05) is 14.1 Å². The standard InChI is InChI=1S/C12H14BrN3O4/c1-7(12(18)15(2)3)14-11(17)8-4-5-9(13)10(6-8)16(19)20/h4-7H,1-3H3,(H,14,17). The van der Waals surface area contributed by atoms with Gasteiger partial charge in [-0.15, -0.1) is 0 Å². The summed E-state index contributed by atoms with van der Waals surface area (Å²) in [5.74, 6) is -0.798. The molecule has 0 aliphatic heterocycles. The molecule has 108 valence electrons. The van der Waals surface area contributed by atoms with Gasteiger partial charge in [0.1, 0.15) is 6.04 Å². The van der Waals surface area contributed by atoms with Gasteiger partial charge in [0.2, 0.25) is 5.91 Å². The Balaban J connectivity index is 2.91. The van der Waals surface area contributed by atoms with Crippen LogP contribution in [0.15, 0.2) is 22.7 Å². The minimum Gasteiger partial charge on any atom is -0.347 e. The van der Waals surface area contributed by atoms with E-state index in [0.717, 1.165) is 6.07 Å². The lowest BCUT2D eigenvalue weighted by molar-refractivity contribution is -0.385. The fourth-order valence-corrected chi connectivity index (χ4v) is 1.91. The quantitative estimate of drug-likeness (QED) is 0.663. The molecule has 0 spiro atoms. The average Bonchev–Trinajstić information content (AvgIpc) is 2.37. The van der Waals surface area contributed by atoms with Crippen LogP contribution in [0, 0.1) is 10.1 Å². The molecule has 1 N–H and O–H groups in total. The molecule has 1 rings (SSSR count). The minimum absolute atomic E-state index is 0.123. The highest BCUT2D eigenvalue weighted by molar-refractivity contribution is 9.10. The van der Waals surface area contributed by atoms with Crippen LogP contribution in [0.3, 0.4) is 0 Å². The SMILES string of the molecule is CC(NC(=O)c1ccc(Br)c([N+](=O)[O-])c1)C(=O)N(C)C. The zero-order chi connectivity index (χ0) is 15.4. The minimum atomic E-state index is -0.708. The molecule has 20 heavy (non-hydrogen) atoms. The Morgan fingerprint density at radius 3 is 2.50 bits per heavy atom. The van der Waals surface area contributed by atoms with Gasteiger partial charge in [-0.25, -0.2) is 0 Å². The molecular weight excluding hydrogens is 330 g/mol. The summed E-state index contributed by atoms with van der Waals surface area (Å²) >= 11 is 3.04. The molecule has 1 atom stereocenters. The Morgan fingerprint density at radius 2 is 2.00 bits per heavy atom. The van der Waals surface area contributed by atoms with Crippen LogP contribution in [-0.4, -0.2) is 41.8 Å². The lowest BCUT2D eigenvalue weighted by Gasteiger charge is -2.17. The van der Waals surface area contributed by atoms with E-state index in [1.165, 1.54) is 17.0 Å². The summed E-state index contributed by atoms with van der Waals surface area (Å²) in [5.41, 5.74) is -0.0810. The molecule has 0 fully saturated rings. The first-order chi connectivity index (χ1) is 9.23. The maximum absolute atomic E-state index is 11.9. The van der Waals surface area contributed by atoms with Gasteiger partial charge in [-0.05, 0) is 35.0 Å². The van der Waals surface area contributed by atoms with E-state index in [4.69, 9.17) is 0 Å². The Hall–Kier alpha value is -1.96. The lowest BCUT2D eigenvalue weighted by atomic mass is 10.1. The number of likely N-dealkylation sites (N-methyl/N-ethyl adjacent to an activating group) is 1. The third-order valence-electron chi connectivity index (χ3n) is 2.56. The first-order valence-electron chi connectivity index (χ1n) is 5.70. The third-order valence-corrected chi connectivity index (χ3v) is 3.23. The van der Waals surface area contributed by atoms with E-state index in [9.17, 15) is 19.7 Å². The normalized spacial score (nSPS) is 11.6. The molecule has 0 heterocycles. The van der Waals surface area contributed by atoms with E-state index < -0.39 is 16.9 Å². The highest BCUT2D eigenvalue weighted by Gasteiger charge is 2.20. The maximum atomic E-state index is 11.9. The number of hydrogen-bond acceptors (Lipinski definition) is 4. The summed E-state index contributed by atoms with van der Waals surface area (Å²) in [4.78, 5) is 35.2. The van der Waals surface area contributed by atoms with Gasteiger partial charge in [0.15, 0.2) is 0 Å². The first-order valence-corrected chi connectivity index (χ1v) is 6.49. The Labute approximate surface area is 124 Å². The van der Waals surface area contributed by atoms with Crippen molar-refractivity contribution >= 4 is 33.4 Å². The van der Waals surface area contributed by atoms with Crippen LogP contribution in [0.25, 0.3) is 0 Å². The number of nitrogens with one attached hydrogen (secondary N) is 1. The maximum Gasteiger partial charge on any atom is 0.284 e. The summed E-state index contributed by atoms with van der Waals surface area (Å²) in [6.45, 7) is 1.55. The molecule has 0 radical (unpaired) electrons. The van der Waals surface area contributed by atoms with E-state index in [1.54, 1.807) is 21.0 Å². The average molecular weight is 344 g/mol. The van der Waals surface area contributed by atoms with Crippen LogP contribution in [0.5, 0.6) is 0 Å². The topological polar surface area (TPSA) is 92.5 Å². The molecule has 0 bridgehead atoms. The summed E-state index contributed by atoms with van der Waals surface area (Å²) in [6, 6.07) is 3.32. The second kappa shape index (κ2) is 6.47. The van der Waals surface area contributed by atoms with Crippen molar-refractivity contribution in [1.82, 2.24) is 10.2 Å². The van der Waals surface area contributed by atoms with Crippen molar-refractivity contribution in [1.29, 1.82) is 0 Å². The van der Waals surface area contributed by atoms with Crippen molar-refractivity contribution in [3.05, 3.63) is 38.3 Å². The van der Waals surface area contributed by atoms with Crippen molar-refractivity contribution < 1.29 is 14.5 Å². The van der Waals surface area contributed by atoms with E-state index in [0.29, 0.717) is 0 Å². The summed E-state index contributed by atoms with van der Waals surface area (Å²) < 4.78 is 0.288. The number of nitrogens with zero attached hydrogens (tertiary/aromatic N) is 2. The van der Waals surface area contributed by atoms with Crippen LogP contribution in [0.2, 0.25) is 0 Å². The van der Waals surface area contributed by atoms with Crippen LogP contribution in [0.1, 0.15) is 17.3 Å². The molecule has 8 heteroatoms. The van der Waals surface area contributed by atoms with E-state index in [-0.39, 0.29) is 21.6 Å². The number of carbonyl (C=O) groups excluding carboxylic acids is 2. The summed E-state index contributed by atoms with van der Waals surface area (Å²) in [6.07, 6.45) is 0. The van der Waals surface area contributed by atoms with Crippen molar-refractivity contribution in [3.8, 4) is 0 Å². The largest absolute Gasteiger partial charge is 0.347 e. The molecule has 0 aliphatic carbocycles. The zero-order valence-corrected chi connectivity index (χ0v) is 12.8. The lowest BCUT2D eigenvalue weighted by Crippen LogP contribution is -2.44. The number of rotatable bonds is 4. The number of hydrogen-bond donors (Lipinski definition) is 1. The summed E-state index contributed by atoms with van der Waals surface area (Å²) in [7, 11) is 3.16. The fraction of sp³-hybridized carbons (Fsp3) is 0.333. The second-order valence-electron chi connectivity index (χ2n) is 4.35. The number of halogens is 1. The predicted molar refractivity (Wildman–Crippen MR) is 76.4 cm³/mol. The monoisotopic (exact) mass is 343 g/mol. The highest BCUT2D eigenvalue weighted by atomic mass is 79.9. The Bertz CT molecular complexity index is 560. The van der Waals surface area contributed by atoms with Gasteiger partial charge in [-0.3, -0.25) is 19.7 Å². The number of nitro benzene ring substituents is 1. The molecule has 7 nitrogen and oxygen atoms in total. The number of benzene rings is 1. The smallest absolute Gasteiger partial charge is 0.284 e. The van der Waals surface area contributed by atoms with E-state index >= 15 is 0 Å². The molecule has 0 saturated heterocycles.